The number of H-pyrrole nitrogens is 1. The van der Waals surface area contributed by atoms with E-state index in [9.17, 15) is 4.79 Å². The van der Waals surface area contributed by atoms with E-state index >= 15 is 0 Å². The van der Waals surface area contributed by atoms with Crippen LogP contribution in [0.15, 0.2) is 35.4 Å². The number of nitrogens with zero attached hydrogens (tertiary/aromatic N) is 4. The van der Waals surface area contributed by atoms with E-state index < -0.39 is 0 Å². The molecular formula is C11H9N5O. The summed E-state index contributed by atoms with van der Waals surface area (Å²) in [6.45, 7) is 2.01. The van der Waals surface area contributed by atoms with Crippen molar-refractivity contribution in [3.05, 3.63) is 46.5 Å². The van der Waals surface area contributed by atoms with Crippen molar-refractivity contribution in [2.24, 2.45) is 0 Å². The van der Waals surface area contributed by atoms with Crippen LogP contribution in [0.1, 0.15) is 5.56 Å². The van der Waals surface area contributed by atoms with Crippen molar-refractivity contribution < 1.29 is 0 Å². The molecule has 0 saturated heterocycles. The molecular weight excluding hydrogens is 218 g/mol. The molecule has 0 amide bonds. The van der Waals surface area contributed by atoms with Crippen LogP contribution < -0.4 is 5.56 Å². The van der Waals surface area contributed by atoms with Gasteiger partial charge in [0.25, 0.3) is 5.56 Å². The summed E-state index contributed by atoms with van der Waals surface area (Å²) >= 11 is 0. The van der Waals surface area contributed by atoms with Crippen molar-refractivity contribution >= 4 is 11.2 Å². The van der Waals surface area contributed by atoms with Crippen molar-refractivity contribution in [3.63, 3.8) is 0 Å². The molecule has 0 radical (unpaired) electrons. The van der Waals surface area contributed by atoms with E-state index in [4.69, 9.17) is 0 Å². The number of aromatic nitrogens is 5. The third-order valence-corrected chi connectivity index (χ3v) is 2.52. The molecule has 0 spiro atoms. The first-order valence-corrected chi connectivity index (χ1v) is 5.12. The van der Waals surface area contributed by atoms with Crippen LogP contribution in [0.2, 0.25) is 0 Å². The summed E-state index contributed by atoms with van der Waals surface area (Å²) in [5.74, 6) is 0. The Balaban J connectivity index is 2.28. The third kappa shape index (κ3) is 1.50. The van der Waals surface area contributed by atoms with E-state index in [1.165, 1.54) is 6.33 Å². The molecule has 0 aliphatic heterocycles. The van der Waals surface area contributed by atoms with E-state index in [0.29, 0.717) is 5.65 Å². The molecule has 1 N–H and O–H groups in total. The smallest absolute Gasteiger partial charge is 0.280 e. The van der Waals surface area contributed by atoms with Crippen LogP contribution in [-0.2, 0) is 0 Å². The van der Waals surface area contributed by atoms with Gasteiger partial charge in [0, 0.05) is 0 Å². The number of aryl methyl sites for hydroxylation is 1. The molecule has 1 aromatic carbocycles. The first-order chi connectivity index (χ1) is 8.25. The van der Waals surface area contributed by atoms with E-state index in [0.717, 1.165) is 11.3 Å². The Morgan fingerprint density at radius 2 is 2.00 bits per heavy atom. The van der Waals surface area contributed by atoms with Crippen molar-refractivity contribution in [1.29, 1.82) is 0 Å². The molecule has 6 nitrogen and oxygen atoms in total. The summed E-state index contributed by atoms with van der Waals surface area (Å²) in [6, 6.07) is 7.75. The summed E-state index contributed by atoms with van der Waals surface area (Å²) in [5.41, 5.74) is 2.40. The van der Waals surface area contributed by atoms with Crippen molar-refractivity contribution in [1.82, 2.24) is 25.0 Å². The third-order valence-electron chi connectivity index (χ3n) is 2.52. The first-order valence-electron chi connectivity index (χ1n) is 5.12. The fourth-order valence-corrected chi connectivity index (χ4v) is 1.62. The Labute approximate surface area is 95.9 Å². The Bertz CT molecular complexity index is 725. The van der Waals surface area contributed by atoms with Gasteiger partial charge < -0.3 is 4.98 Å². The number of hydrogen-bond acceptors (Lipinski definition) is 4. The highest BCUT2D eigenvalue weighted by molar-refractivity contribution is 5.69. The fourth-order valence-electron chi connectivity index (χ4n) is 1.62. The van der Waals surface area contributed by atoms with Gasteiger partial charge in [-0.3, -0.25) is 4.79 Å². The maximum atomic E-state index is 11.5. The molecule has 0 aliphatic rings. The van der Waals surface area contributed by atoms with Gasteiger partial charge in [-0.05, 0) is 19.1 Å². The van der Waals surface area contributed by atoms with Gasteiger partial charge in [-0.1, -0.05) is 22.9 Å². The first kappa shape index (κ1) is 9.71. The second-order valence-corrected chi connectivity index (χ2v) is 3.74. The van der Waals surface area contributed by atoms with E-state index in [1.807, 2.05) is 31.2 Å². The SMILES string of the molecule is Cc1ccc(-n2nnc3c(=O)[nH]cnc32)cc1. The lowest BCUT2D eigenvalue weighted by Gasteiger charge is -2.00. The van der Waals surface area contributed by atoms with Crippen molar-refractivity contribution in [3.8, 4) is 5.69 Å². The van der Waals surface area contributed by atoms with Gasteiger partial charge in [0.2, 0.25) is 0 Å². The highest BCUT2D eigenvalue weighted by Gasteiger charge is 2.09. The lowest BCUT2D eigenvalue weighted by molar-refractivity contribution is 0.817. The minimum Gasteiger partial charge on any atom is -0.311 e. The van der Waals surface area contributed by atoms with Crippen LogP contribution >= 0.6 is 0 Å². The Kier molecular flexibility index (Phi) is 2.01. The van der Waals surface area contributed by atoms with Crippen LogP contribution in [0.3, 0.4) is 0 Å². The summed E-state index contributed by atoms with van der Waals surface area (Å²) in [5, 5.41) is 7.76. The molecule has 0 aliphatic carbocycles. The highest BCUT2D eigenvalue weighted by atomic mass is 16.1. The lowest BCUT2D eigenvalue weighted by Crippen LogP contribution is -2.07. The van der Waals surface area contributed by atoms with Gasteiger partial charge in [-0.15, -0.1) is 5.10 Å². The monoisotopic (exact) mass is 227 g/mol. The zero-order chi connectivity index (χ0) is 11.8. The van der Waals surface area contributed by atoms with Gasteiger partial charge in [0.1, 0.15) is 0 Å². The zero-order valence-electron chi connectivity index (χ0n) is 9.08. The molecule has 0 unspecified atom stereocenters. The largest absolute Gasteiger partial charge is 0.311 e. The molecule has 3 rings (SSSR count). The number of rotatable bonds is 1. The van der Waals surface area contributed by atoms with Gasteiger partial charge >= 0.3 is 0 Å². The predicted molar refractivity (Wildman–Crippen MR) is 62.0 cm³/mol. The minimum absolute atomic E-state index is 0.244. The fraction of sp³-hybridized carbons (Fsp3) is 0.0909. The van der Waals surface area contributed by atoms with E-state index in [2.05, 4.69) is 20.3 Å². The summed E-state index contributed by atoms with van der Waals surface area (Å²) < 4.78 is 1.55. The lowest BCUT2D eigenvalue weighted by atomic mass is 10.2. The number of aromatic amines is 1. The number of hydrogen-bond donors (Lipinski definition) is 1. The number of fused-ring (bicyclic) bond motifs is 1. The standard InChI is InChI=1S/C11H9N5O/c1-7-2-4-8(5-3-7)16-10-9(14-15-16)11(17)13-6-12-10/h2-6H,1H3,(H,12,13,17). The van der Waals surface area contributed by atoms with Gasteiger partial charge in [0.05, 0.1) is 12.0 Å². The van der Waals surface area contributed by atoms with Crippen molar-refractivity contribution in [2.75, 3.05) is 0 Å². The van der Waals surface area contributed by atoms with Crippen LogP contribution in [0, 0.1) is 6.92 Å². The molecule has 6 heteroatoms. The molecule has 2 aromatic heterocycles. The minimum atomic E-state index is -0.284. The highest BCUT2D eigenvalue weighted by Crippen LogP contribution is 2.11. The molecule has 0 saturated carbocycles. The normalized spacial score (nSPS) is 10.9. The average molecular weight is 227 g/mol. The Morgan fingerprint density at radius 1 is 1.24 bits per heavy atom. The second-order valence-electron chi connectivity index (χ2n) is 3.74. The molecule has 17 heavy (non-hydrogen) atoms. The molecule has 0 bridgehead atoms. The maximum Gasteiger partial charge on any atom is 0.280 e. The number of benzene rings is 1. The van der Waals surface area contributed by atoms with Crippen molar-refractivity contribution in [2.45, 2.75) is 6.92 Å². The quantitative estimate of drug-likeness (QED) is 0.667. The van der Waals surface area contributed by atoms with Gasteiger partial charge in [-0.25, -0.2) is 4.98 Å². The molecule has 2 heterocycles. The van der Waals surface area contributed by atoms with Crippen LogP contribution in [0.5, 0.6) is 0 Å². The second kappa shape index (κ2) is 3.51. The Morgan fingerprint density at radius 3 is 2.76 bits per heavy atom. The summed E-state index contributed by atoms with van der Waals surface area (Å²) in [6.07, 6.45) is 1.35. The number of nitrogens with one attached hydrogen (secondary N) is 1. The topological polar surface area (TPSA) is 76.5 Å². The maximum absolute atomic E-state index is 11.5. The van der Waals surface area contributed by atoms with Crippen LogP contribution in [0.25, 0.3) is 16.9 Å². The molecule has 3 aromatic rings. The summed E-state index contributed by atoms with van der Waals surface area (Å²) in [7, 11) is 0. The summed E-state index contributed by atoms with van der Waals surface area (Å²) in [4.78, 5) is 18.0. The van der Waals surface area contributed by atoms with Crippen LogP contribution in [0.4, 0.5) is 0 Å². The van der Waals surface area contributed by atoms with Gasteiger partial charge in [-0.2, -0.15) is 4.68 Å². The van der Waals surface area contributed by atoms with Gasteiger partial charge in [0.15, 0.2) is 11.2 Å². The average Bonchev–Trinajstić information content (AvgIpc) is 2.75. The molecule has 84 valence electrons. The molecule has 0 atom stereocenters. The predicted octanol–water partition coefficient (Wildman–Crippen LogP) is 0.812. The zero-order valence-corrected chi connectivity index (χ0v) is 9.08. The Hall–Kier alpha value is -2.50. The van der Waals surface area contributed by atoms with E-state index in [1.54, 1.807) is 4.68 Å². The van der Waals surface area contributed by atoms with Crippen LogP contribution in [-0.4, -0.2) is 25.0 Å². The molecule has 0 fully saturated rings. The van der Waals surface area contributed by atoms with E-state index in [-0.39, 0.29) is 11.1 Å².